The van der Waals surface area contributed by atoms with Crippen molar-refractivity contribution in [2.75, 3.05) is 0 Å². The van der Waals surface area contributed by atoms with Gasteiger partial charge in [0.2, 0.25) is 5.92 Å². The minimum absolute atomic E-state index is 0.0275. The summed E-state index contributed by atoms with van der Waals surface area (Å²) in [5, 5.41) is 10.6. The van der Waals surface area contributed by atoms with Crippen LogP contribution >= 0.6 is 0 Å². The molecule has 0 aliphatic heterocycles. The maximum Gasteiger partial charge on any atom is 0.247 e. The molecule has 5 unspecified atom stereocenters. The molecule has 3 saturated carbocycles. The molecule has 0 saturated heterocycles. The van der Waals surface area contributed by atoms with Gasteiger partial charge < -0.3 is 5.11 Å². The molecule has 0 aromatic carbocycles. The van der Waals surface area contributed by atoms with E-state index in [-0.39, 0.29) is 23.7 Å². The molecule has 0 aromatic heterocycles. The van der Waals surface area contributed by atoms with Gasteiger partial charge in [0, 0.05) is 12.8 Å². The fourth-order valence-corrected chi connectivity index (χ4v) is 7.95. The first-order chi connectivity index (χ1) is 13.0. The molecule has 0 bridgehead atoms. The van der Waals surface area contributed by atoms with Crippen LogP contribution in [0, 0.1) is 34.5 Å². The molecule has 3 fully saturated rings. The fraction of sp³-hybridized carbons (Fsp3) is 0.920. The molecule has 0 heterocycles. The number of alkyl halides is 2. The molecule has 4 aliphatic rings. The first kappa shape index (κ1) is 20.8. The molecule has 0 aromatic rings. The molecule has 0 radical (unpaired) electrons. The second-order valence-corrected chi connectivity index (χ2v) is 11.5. The van der Waals surface area contributed by atoms with Crippen molar-refractivity contribution in [3.63, 3.8) is 0 Å². The summed E-state index contributed by atoms with van der Waals surface area (Å²) in [4.78, 5) is 0. The van der Waals surface area contributed by atoms with E-state index in [0.29, 0.717) is 24.2 Å². The lowest BCUT2D eigenvalue weighted by atomic mass is 9.46. The van der Waals surface area contributed by atoms with E-state index in [1.54, 1.807) is 6.92 Å². The van der Waals surface area contributed by atoms with Gasteiger partial charge >= 0.3 is 0 Å². The number of aliphatic hydroxyl groups is 1. The molecule has 4 rings (SSSR count). The molecule has 0 amide bonds. The summed E-state index contributed by atoms with van der Waals surface area (Å²) in [6.45, 7) is 8.49. The third-order valence-corrected chi connectivity index (χ3v) is 9.95. The number of halogens is 2. The summed E-state index contributed by atoms with van der Waals surface area (Å²) in [5.74, 6) is 0.121. The summed E-state index contributed by atoms with van der Waals surface area (Å²) < 4.78 is 27.8. The minimum Gasteiger partial charge on any atom is -0.390 e. The number of hydrogen-bond donors (Lipinski definition) is 1. The largest absolute Gasteiger partial charge is 0.390 e. The highest BCUT2D eigenvalue weighted by molar-refractivity contribution is 5.26. The Bertz CT molecular complexity index is 638. The molecule has 7 atom stereocenters. The van der Waals surface area contributed by atoms with Gasteiger partial charge in [0.15, 0.2) is 0 Å². The van der Waals surface area contributed by atoms with Crippen LogP contribution in [0.4, 0.5) is 8.78 Å². The summed E-state index contributed by atoms with van der Waals surface area (Å²) in [7, 11) is 0. The Morgan fingerprint density at radius 1 is 1.07 bits per heavy atom. The molecular weight excluding hydrogens is 354 g/mol. The van der Waals surface area contributed by atoms with Crippen LogP contribution in [0.2, 0.25) is 0 Å². The van der Waals surface area contributed by atoms with Crippen LogP contribution < -0.4 is 0 Å². The standard InChI is InChI=1S/C25H40F2O/c1-5-25(26,27)13-10-17-7-9-20-19-8-6-18-16-22(2,28)14-15-24(18,4)21(19)11-12-23(17,20)3/h6,17,19-21,28H,5,7-16H2,1-4H3/t17?,19?,20?,21?,22-,23+,24?/m0/s1. The average Bonchev–Trinajstić information content (AvgIpc) is 2.97. The van der Waals surface area contributed by atoms with Gasteiger partial charge in [0.25, 0.3) is 0 Å². The van der Waals surface area contributed by atoms with Crippen LogP contribution in [0.1, 0.15) is 98.3 Å². The summed E-state index contributed by atoms with van der Waals surface area (Å²) >= 11 is 0. The maximum atomic E-state index is 13.9. The van der Waals surface area contributed by atoms with Gasteiger partial charge in [-0.05, 0) is 99.2 Å². The van der Waals surface area contributed by atoms with Crippen molar-refractivity contribution in [1.82, 2.24) is 0 Å². The summed E-state index contributed by atoms with van der Waals surface area (Å²) in [6, 6.07) is 0. The summed E-state index contributed by atoms with van der Waals surface area (Å²) in [6.07, 6.45) is 12.0. The van der Waals surface area contributed by atoms with Crippen molar-refractivity contribution in [2.24, 2.45) is 34.5 Å². The van der Waals surface area contributed by atoms with Crippen LogP contribution in [-0.2, 0) is 0 Å². The number of hydrogen-bond acceptors (Lipinski definition) is 1. The van der Waals surface area contributed by atoms with Gasteiger partial charge in [-0.3, -0.25) is 0 Å². The molecule has 4 aliphatic carbocycles. The second-order valence-electron chi connectivity index (χ2n) is 11.5. The number of rotatable bonds is 4. The zero-order valence-corrected chi connectivity index (χ0v) is 18.4. The van der Waals surface area contributed by atoms with E-state index < -0.39 is 11.5 Å². The van der Waals surface area contributed by atoms with Gasteiger partial charge in [0.05, 0.1) is 5.60 Å². The predicted octanol–water partition coefficient (Wildman–Crippen LogP) is 7.14. The zero-order chi connectivity index (χ0) is 20.4. The number of fused-ring (bicyclic) bond motifs is 5. The maximum absolute atomic E-state index is 13.9. The Labute approximate surface area is 170 Å². The normalized spacial score (nSPS) is 48.5. The fourth-order valence-electron chi connectivity index (χ4n) is 7.95. The highest BCUT2D eigenvalue weighted by Crippen LogP contribution is 2.67. The third kappa shape index (κ3) is 3.28. The molecule has 1 nitrogen and oxygen atoms in total. The van der Waals surface area contributed by atoms with E-state index in [4.69, 9.17) is 0 Å². The predicted molar refractivity (Wildman–Crippen MR) is 110 cm³/mol. The van der Waals surface area contributed by atoms with Gasteiger partial charge in [-0.25, -0.2) is 8.78 Å². The van der Waals surface area contributed by atoms with Crippen molar-refractivity contribution >= 4 is 0 Å². The minimum atomic E-state index is -2.49. The van der Waals surface area contributed by atoms with E-state index >= 15 is 0 Å². The Balaban J connectivity index is 1.53. The number of allylic oxidation sites excluding steroid dienone is 1. The first-order valence-electron chi connectivity index (χ1n) is 11.8. The van der Waals surface area contributed by atoms with Gasteiger partial charge in [-0.15, -0.1) is 0 Å². The lowest BCUT2D eigenvalue weighted by Gasteiger charge is -2.59. The van der Waals surface area contributed by atoms with Crippen LogP contribution in [0.3, 0.4) is 0 Å². The van der Waals surface area contributed by atoms with E-state index in [1.807, 2.05) is 6.92 Å². The van der Waals surface area contributed by atoms with E-state index in [2.05, 4.69) is 19.9 Å². The van der Waals surface area contributed by atoms with E-state index in [9.17, 15) is 13.9 Å². The van der Waals surface area contributed by atoms with Crippen LogP contribution in [0.5, 0.6) is 0 Å². The van der Waals surface area contributed by atoms with Gasteiger partial charge in [-0.2, -0.15) is 0 Å². The molecule has 0 spiro atoms. The van der Waals surface area contributed by atoms with Crippen LogP contribution in [0.15, 0.2) is 11.6 Å². The van der Waals surface area contributed by atoms with Crippen LogP contribution in [-0.4, -0.2) is 16.6 Å². The van der Waals surface area contributed by atoms with Gasteiger partial charge in [-0.1, -0.05) is 32.4 Å². The third-order valence-electron chi connectivity index (χ3n) is 9.95. The van der Waals surface area contributed by atoms with Crippen molar-refractivity contribution in [2.45, 2.75) is 110 Å². The monoisotopic (exact) mass is 394 g/mol. The Morgan fingerprint density at radius 3 is 2.54 bits per heavy atom. The Hall–Kier alpha value is -0.440. The van der Waals surface area contributed by atoms with Crippen molar-refractivity contribution < 1.29 is 13.9 Å². The smallest absolute Gasteiger partial charge is 0.247 e. The average molecular weight is 395 g/mol. The molecular formula is C25H40F2O. The zero-order valence-electron chi connectivity index (χ0n) is 18.4. The molecule has 3 heteroatoms. The van der Waals surface area contributed by atoms with Crippen molar-refractivity contribution in [3.05, 3.63) is 11.6 Å². The topological polar surface area (TPSA) is 20.2 Å². The van der Waals surface area contributed by atoms with Crippen molar-refractivity contribution in [3.8, 4) is 0 Å². The Kier molecular flexibility index (Phi) is 5.05. The van der Waals surface area contributed by atoms with E-state index in [0.717, 1.165) is 38.0 Å². The lowest BCUT2D eigenvalue weighted by molar-refractivity contribution is -0.0709. The first-order valence-corrected chi connectivity index (χ1v) is 11.8. The molecule has 28 heavy (non-hydrogen) atoms. The lowest BCUT2D eigenvalue weighted by Crippen LogP contribution is -2.51. The highest BCUT2D eigenvalue weighted by Gasteiger charge is 2.59. The quantitative estimate of drug-likeness (QED) is 0.502. The molecule has 160 valence electrons. The second kappa shape index (κ2) is 6.79. The highest BCUT2D eigenvalue weighted by atomic mass is 19.3. The van der Waals surface area contributed by atoms with Gasteiger partial charge in [0.1, 0.15) is 0 Å². The Morgan fingerprint density at radius 2 is 1.82 bits per heavy atom. The summed E-state index contributed by atoms with van der Waals surface area (Å²) in [5.41, 5.74) is 1.47. The SMILES string of the molecule is CCC(F)(F)CCC1CCC2C3CC=C4C[C@@](C)(O)CCC4(C)C3CC[C@]12C. The van der Waals surface area contributed by atoms with Crippen molar-refractivity contribution in [1.29, 1.82) is 0 Å². The van der Waals surface area contributed by atoms with Crippen LogP contribution in [0.25, 0.3) is 0 Å². The molecule has 1 N–H and O–H groups in total. The van der Waals surface area contributed by atoms with E-state index in [1.165, 1.54) is 24.8 Å².